The normalized spacial score (nSPS) is 10.9. The van der Waals surface area contributed by atoms with Gasteiger partial charge in [0.15, 0.2) is 11.6 Å². The van der Waals surface area contributed by atoms with Gasteiger partial charge in [0.1, 0.15) is 0 Å². The Bertz CT molecular complexity index is 1110. The van der Waals surface area contributed by atoms with E-state index < -0.39 is 32.6 Å². The summed E-state index contributed by atoms with van der Waals surface area (Å²) in [5.74, 6) is -2.41. The highest BCUT2D eigenvalue weighted by Gasteiger charge is 2.17. The number of amides is 2. The third-order valence-corrected chi connectivity index (χ3v) is 4.98. The van der Waals surface area contributed by atoms with E-state index in [1.54, 1.807) is 30.3 Å². The summed E-state index contributed by atoms with van der Waals surface area (Å²) in [6.07, 6.45) is 0. The van der Waals surface area contributed by atoms with Crippen molar-refractivity contribution in [2.24, 2.45) is 0 Å². The molecule has 0 saturated heterocycles. The topological polar surface area (TPSA) is 87.3 Å². The van der Waals surface area contributed by atoms with Gasteiger partial charge in [0, 0.05) is 11.4 Å². The summed E-state index contributed by atoms with van der Waals surface area (Å²) in [4.78, 5) is 11.6. The Balaban J connectivity index is 1.72. The van der Waals surface area contributed by atoms with Crippen molar-refractivity contribution in [3.05, 3.63) is 84.4 Å². The van der Waals surface area contributed by atoms with Crippen molar-refractivity contribution >= 4 is 33.1 Å². The molecule has 3 aromatic rings. The van der Waals surface area contributed by atoms with Crippen LogP contribution in [0.25, 0.3) is 0 Å². The minimum atomic E-state index is -4.13. The summed E-state index contributed by atoms with van der Waals surface area (Å²) in [5.41, 5.74) is 1.07. The van der Waals surface area contributed by atoms with E-state index in [0.717, 1.165) is 12.1 Å². The molecule has 0 unspecified atom stereocenters. The van der Waals surface area contributed by atoms with E-state index in [4.69, 9.17) is 0 Å². The number of carbonyl (C=O) groups excluding carboxylic acids is 1. The molecule has 2 amide bonds. The molecule has 28 heavy (non-hydrogen) atoms. The van der Waals surface area contributed by atoms with Crippen LogP contribution in [-0.4, -0.2) is 14.4 Å². The van der Waals surface area contributed by atoms with E-state index in [2.05, 4.69) is 15.4 Å². The molecule has 3 aromatic carbocycles. The molecule has 9 heteroatoms. The largest absolute Gasteiger partial charge is 0.323 e. The Labute approximate surface area is 160 Å². The van der Waals surface area contributed by atoms with Gasteiger partial charge in [-0.1, -0.05) is 24.3 Å². The van der Waals surface area contributed by atoms with E-state index in [0.29, 0.717) is 17.4 Å². The first kappa shape index (κ1) is 19.3. The van der Waals surface area contributed by atoms with Gasteiger partial charge >= 0.3 is 6.03 Å². The highest BCUT2D eigenvalue weighted by Crippen LogP contribution is 2.21. The lowest BCUT2D eigenvalue weighted by molar-refractivity contribution is 0.262. The van der Waals surface area contributed by atoms with Crippen LogP contribution in [0.15, 0.2) is 77.7 Å². The van der Waals surface area contributed by atoms with Crippen LogP contribution in [0.2, 0.25) is 0 Å². The predicted octanol–water partition coefficient (Wildman–Crippen LogP) is 4.41. The Hall–Kier alpha value is -3.46. The van der Waals surface area contributed by atoms with E-state index in [1.807, 2.05) is 6.07 Å². The molecule has 0 spiro atoms. The van der Waals surface area contributed by atoms with Crippen LogP contribution < -0.4 is 15.4 Å². The number of para-hydroxylation sites is 1. The van der Waals surface area contributed by atoms with Crippen LogP contribution in [0.3, 0.4) is 0 Å². The molecular weight excluding hydrogens is 388 g/mol. The summed E-state index contributed by atoms with van der Waals surface area (Å²) < 4.78 is 53.3. The average molecular weight is 403 g/mol. The van der Waals surface area contributed by atoms with Gasteiger partial charge in [-0.3, -0.25) is 4.72 Å². The van der Waals surface area contributed by atoms with Gasteiger partial charge < -0.3 is 10.6 Å². The summed E-state index contributed by atoms with van der Waals surface area (Å²) >= 11 is 0. The van der Waals surface area contributed by atoms with Crippen molar-refractivity contribution in [2.75, 3.05) is 15.4 Å². The number of anilines is 3. The van der Waals surface area contributed by atoms with Crippen molar-refractivity contribution in [1.82, 2.24) is 0 Å². The van der Waals surface area contributed by atoms with Crippen LogP contribution in [-0.2, 0) is 10.0 Å². The summed E-state index contributed by atoms with van der Waals surface area (Å²) in [7, 11) is -4.13. The molecule has 0 bridgehead atoms. The molecule has 0 radical (unpaired) electrons. The molecule has 0 fully saturated rings. The van der Waals surface area contributed by atoms with Crippen molar-refractivity contribution in [3.8, 4) is 0 Å². The van der Waals surface area contributed by atoms with Crippen molar-refractivity contribution in [3.63, 3.8) is 0 Å². The van der Waals surface area contributed by atoms with E-state index >= 15 is 0 Å². The lowest BCUT2D eigenvalue weighted by Gasteiger charge is -2.11. The Morgan fingerprint density at radius 1 is 0.714 bits per heavy atom. The number of sulfonamides is 1. The molecule has 3 N–H and O–H groups in total. The maximum atomic E-state index is 13.3. The standard InChI is InChI=1S/C19H15F2N3O3S/c20-17-10-9-16(12-18(17)21)28(26,27)24-15-8-4-7-14(11-15)23-19(25)22-13-5-2-1-3-6-13/h1-12,24H,(H2,22,23,25). The minimum Gasteiger partial charge on any atom is -0.308 e. The number of halogens is 2. The monoisotopic (exact) mass is 403 g/mol. The Morgan fingerprint density at radius 3 is 2.07 bits per heavy atom. The molecule has 0 aliphatic rings. The van der Waals surface area contributed by atoms with Crippen molar-refractivity contribution < 1.29 is 22.0 Å². The number of hydrogen-bond acceptors (Lipinski definition) is 3. The van der Waals surface area contributed by atoms with Gasteiger partial charge in [-0.05, 0) is 48.5 Å². The number of hydrogen-bond donors (Lipinski definition) is 3. The Kier molecular flexibility index (Phi) is 5.55. The zero-order valence-corrected chi connectivity index (χ0v) is 15.1. The van der Waals surface area contributed by atoms with Gasteiger partial charge in [0.05, 0.1) is 10.6 Å². The van der Waals surface area contributed by atoms with Crippen LogP contribution in [0.5, 0.6) is 0 Å². The second-order valence-corrected chi connectivity index (χ2v) is 7.39. The summed E-state index contributed by atoms with van der Waals surface area (Å²) in [6, 6.07) is 16.5. The fraction of sp³-hybridized carbons (Fsp3) is 0. The average Bonchev–Trinajstić information content (AvgIpc) is 2.64. The minimum absolute atomic E-state index is 0.141. The van der Waals surface area contributed by atoms with Gasteiger partial charge in [-0.25, -0.2) is 22.0 Å². The first-order chi connectivity index (χ1) is 13.3. The van der Waals surface area contributed by atoms with E-state index in [9.17, 15) is 22.0 Å². The van der Waals surface area contributed by atoms with Crippen LogP contribution in [0, 0.1) is 11.6 Å². The SMILES string of the molecule is O=C(Nc1ccccc1)Nc1cccc(NS(=O)(=O)c2ccc(F)c(F)c2)c1. The number of urea groups is 1. The summed E-state index contributed by atoms with van der Waals surface area (Å²) in [5, 5.41) is 5.21. The van der Waals surface area contributed by atoms with Crippen molar-refractivity contribution in [2.45, 2.75) is 4.90 Å². The molecule has 0 aromatic heterocycles. The van der Waals surface area contributed by atoms with Crippen molar-refractivity contribution in [1.29, 1.82) is 0 Å². The Morgan fingerprint density at radius 2 is 1.36 bits per heavy atom. The number of rotatable bonds is 5. The molecule has 6 nitrogen and oxygen atoms in total. The second-order valence-electron chi connectivity index (χ2n) is 5.71. The molecule has 0 saturated carbocycles. The van der Waals surface area contributed by atoms with Crippen LogP contribution >= 0.6 is 0 Å². The zero-order chi connectivity index (χ0) is 20.1. The first-order valence-corrected chi connectivity index (χ1v) is 9.53. The number of benzene rings is 3. The predicted molar refractivity (Wildman–Crippen MR) is 103 cm³/mol. The highest BCUT2D eigenvalue weighted by atomic mass is 32.2. The number of nitrogens with one attached hydrogen (secondary N) is 3. The second kappa shape index (κ2) is 8.05. The molecule has 0 aliphatic carbocycles. The molecule has 144 valence electrons. The van der Waals surface area contributed by atoms with Gasteiger partial charge in [0.2, 0.25) is 0 Å². The summed E-state index contributed by atoms with van der Waals surface area (Å²) in [6.45, 7) is 0. The first-order valence-electron chi connectivity index (χ1n) is 8.04. The molecule has 0 aliphatic heterocycles. The fourth-order valence-electron chi connectivity index (χ4n) is 2.33. The lowest BCUT2D eigenvalue weighted by Crippen LogP contribution is -2.19. The smallest absolute Gasteiger partial charge is 0.308 e. The van der Waals surface area contributed by atoms with Gasteiger partial charge in [-0.2, -0.15) is 0 Å². The number of carbonyl (C=O) groups is 1. The third-order valence-electron chi connectivity index (χ3n) is 3.61. The van der Waals surface area contributed by atoms with Gasteiger partial charge in [-0.15, -0.1) is 0 Å². The third kappa shape index (κ3) is 4.83. The fourth-order valence-corrected chi connectivity index (χ4v) is 3.39. The zero-order valence-electron chi connectivity index (χ0n) is 14.3. The maximum Gasteiger partial charge on any atom is 0.323 e. The molecule has 0 atom stereocenters. The molecule has 3 rings (SSSR count). The maximum absolute atomic E-state index is 13.3. The molecular formula is C19H15F2N3O3S. The van der Waals surface area contributed by atoms with Crippen LogP contribution in [0.1, 0.15) is 0 Å². The quantitative estimate of drug-likeness (QED) is 0.590. The lowest BCUT2D eigenvalue weighted by atomic mass is 10.3. The highest BCUT2D eigenvalue weighted by molar-refractivity contribution is 7.92. The van der Waals surface area contributed by atoms with Crippen LogP contribution in [0.4, 0.5) is 30.6 Å². The molecule has 0 heterocycles. The van der Waals surface area contributed by atoms with Gasteiger partial charge in [0.25, 0.3) is 10.0 Å². The van der Waals surface area contributed by atoms with E-state index in [-0.39, 0.29) is 5.69 Å². The van der Waals surface area contributed by atoms with E-state index in [1.165, 1.54) is 18.2 Å².